The quantitative estimate of drug-likeness (QED) is 0.211. The van der Waals surface area contributed by atoms with Gasteiger partial charge in [-0.2, -0.15) is 12.6 Å². The summed E-state index contributed by atoms with van der Waals surface area (Å²) in [6, 6.07) is 0. The second-order valence-electron chi connectivity index (χ2n) is 4.87. The van der Waals surface area contributed by atoms with Crippen molar-refractivity contribution in [1.29, 1.82) is 0 Å². The van der Waals surface area contributed by atoms with Crippen LogP contribution in [0.2, 0.25) is 0 Å². The first-order valence-corrected chi connectivity index (χ1v) is 8.50. The van der Waals surface area contributed by atoms with E-state index in [0.717, 1.165) is 6.42 Å². The van der Waals surface area contributed by atoms with Crippen LogP contribution in [0.5, 0.6) is 0 Å². The van der Waals surface area contributed by atoms with Crippen LogP contribution < -0.4 is 0 Å². The smallest absolute Gasteiger partial charge is 0.105 e. The lowest BCUT2D eigenvalue weighted by molar-refractivity contribution is -0.371. The molecule has 0 amide bonds. The summed E-state index contributed by atoms with van der Waals surface area (Å²) in [4.78, 5) is 10.8. The molecular weight excluding hydrogens is 258 g/mol. The average molecular weight is 292 g/mol. The summed E-state index contributed by atoms with van der Waals surface area (Å²) in [6.07, 6.45) is 11.7. The second kappa shape index (κ2) is 14.6. The minimum atomic E-state index is 0.0417. The van der Waals surface area contributed by atoms with E-state index in [1.54, 1.807) is 5.23 Å². The molecule has 116 valence electrons. The van der Waals surface area contributed by atoms with Gasteiger partial charge in [0.05, 0.1) is 13.2 Å². The van der Waals surface area contributed by atoms with E-state index in [1.807, 2.05) is 13.8 Å². The molecule has 0 aliphatic heterocycles. The minimum Gasteiger partial charge on any atom is -0.274 e. The van der Waals surface area contributed by atoms with Gasteiger partial charge < -0.3 is 0 Å². The molecule has 19 heavy (non-hydrogen) atoms. The summed E-state index contributed by atoms with van der Waals surface area (Å²) in [6.45, 7) is 7.42. The van der Waals surface area contributed by atoms with Crippen LogP contribution >= 0.6 is 12.6 Å². The number of thiol groups is 1. The van der Waals surface area contributed by atoms with Gasteiger partial charge in [-0.25, -0.2) is 0 Å². The lowest BCUT2D eigenvalue weighted by Crippen LogP contribution is -2.31. The van der Waals surface area contributed by atoms with E-state index in [2.05, 4.69) is 19.6 Å². The van der Waals surface area contributed by atoms with Crippen LogP contribution in [-0.4, -0.2) is 23.8 Å². The Bertz CT molecular complexity index is 176. The lowest BCUT2D eigenvalue weighted by Gasteiger charge is -2.25. The molecule has 0 aromatic heterocycles. The van der Waals surface area contributed by atoms with Gasteiger partial charge in [0.2, 0.25) is 0 Å². The Hall–Kier alpha value is 0.230. The van der Waals surface area contributed by atoms with E-state index in [4.69, 9.17) is 9.68 Å². The molecule has 0 saturated heterocycles. The highest BCUT2D eigenvalue weighted by Crippen LogP contribution is 2.16. The van der Waals surface area contributed by atoms with Crippen molar-refractivity contribution >= 4 is 12.6 Å². The number of hydroxylamine groups is 2. The molecule has 1 unspecified atom stereocenters. The van der Waals surface area contributed by atoms with Crippen LogP contribution in [-0.2, 0) is 9.68 Å². The summed E-state index contributed by atoms with van der Waals surface area (Å²) in [5.41, 5.74) is 0. The molecule has 4 heteroatoms. The fourth-order valence-corrected chi connectivity index (χ4v) is 2.35. The van der Waals surface area contributed by atoms with Gasteiger partial charge in [-0.15, -0.1) is 0 Å². The van der Waals surface area contributed by atoms with Gasteiger partial charge in [0.15, 0.2) is 0 Å². The largest absolute Gasteiger partial charge is 0.274 e. The Morgan fingerprint density at radius 1 is 0.789 bits per heavy atom. The molecule has 0 saturated carbocycles. The minimum absolute atomic E-state index is 0.0417. The molecule has 0 fully saturated rings. The third kappa shape index (κ3) is 11.7. The maximum absolute atomic E-state index is 5.40. The van der Waals surface area contributed by atoms with Crippen molar-refractivity contribution in [2.24, 2.45) is 0 Å². The van der Waals surface area contributed by atoms with E-state index < -0.39 is 0 Å². The molecule has 0 aromatic rings. The number of hydrogen-bond donors (Lipinski definition) is 1. The monoisotopic (exact) mass is 291 g/mol. The van der Waals surface area contributed by atoms with Crippen LogP contribution in [0.15, 0.2) is 0 Å². The van der Waals surface area contributed by atoms with Crippen LogP contribution in [0.1, 0.15) is 78.6 Å². The van der Waals surface area contributed by atoms with E-state index in [-0.39, 0.29) is 5.37 Å². The number of nitrogens with zero attached hydrogens (tertiary/aromatic N) is 1. The third-order valence-electron chi connectivity index (χ3n) is 3.07. The molecule has 0 aliphatic carbocycles. The van der Waals surface area contributed by atoms with Crippen molar-refractivity contribution in [2.45, 2.75) is 83.9 Å². The molecule has 1 atom stereocenters. The van der Waals surface area contributed by atoms with Crippen LogP contribution in [0, 0.1) is 0 Å². The predicted molar refractivity (Wildman–Crippen MR) is 85.1 cm³/mol. The maximum atomic E-state index is 5.40. The van der Waals surface area contributed by atoms with Crippen LogP contribution in [0.4, 0.5) is 0 Å². The zero-order valence-electron chi connectivity index (χ0n) is 13.1. The molecular formula is C15H33NO2S. The average Bonchev–Trinajstić information content (AvgIpc) is 2.41. The van der Waals surface area contributed by atoms with E-state index in [0.29, 0.717) is 13.2 Å². The van der Waals surface area contributed by atoms with Gasteiger partial charge in [0.1, 0.15) is 5.37 Å². The van der Waals surface area contributed by atoms with Crippen molar-refractivity contribution in [2.75, 3.05) is 13.2 Å². The van der Waals surface area contributed by atoms with E-state index in [1.165, 1.54) is 51.4 Å². The van der Waals surface area contributed by atoms with Crippen molar-refractivity contribution in [1.82, 2.24) is 5.23 Å². The zero-order valence-corrected chi connectivity index (χ0v) is 14.0. The first-order chi connectivity index (χ1) is 9.26. The molecule has 0 heterocycles. The first kappa shape index (κ1) is 19.2. The highest BCUT2D eigenvalue weighted by atomic mass is 32.1. The zero-order chi connectivity index (χ0) is 14.3. The molecule has 0 aliphatic rings. The van der Waals surface area contributed by atoms with Gasteiger partial charge in [-0.1, -0.05) is 63.5 Å². The fourth-order valence-electron chi connectivity index (χ4n) is 2.03. The Morgan fingerprint density at radius 2 is 1.26 bits per heavy atom. The van der Waals surface area contributed by atoms with Crippen molar-refractivity contribution < 1.29 is 9.68 Å². The maximum Gasteiger partial charge on any atom is 0.105 e. The standard InChI is InChI=1S/C15H33NO2S/c1-4-7-8-9-10-11-12-13-14-15(19)16(17-5-2)18-6-3/h15,19H,4-14H2,1-3H3. The second-order valence-corrected chi connectivity index (χ2v) is 5.46. The summed E-state index contributed by atoms with van der Waals surface area (Å²) in [7, 11) is 0. The predicted octanol–water partition coefficient (Wildman–Crippen LogP) is 4.98. The lowest BCUT2D eigenvalue weighted by atomic mass is 10.1. The fraction of sp³-hybridized carbons (Fsp3) is 1.00. The Kier molecular flexibility index (Phi) is 14.8. The molecule has 0 N–H and O–H groups in total. The number of rotatable bonds is 14. The van der Waals surface area contributed by atoms with Crippen molar-refractivity contribution in [3.63, 3.8) is 0 Å². The van der Waals surface area contributed by atoms with Gasteiger partial charge in [0, 0.05) is 0 Å². The topological polar surface area (TPSA) is 21.7 Å². The first-order valence-electron chi connectivity index (χ1n) is 7.99. The highest BCUT2D eigenvalue weighted by molar-refractivity contribution is 7.80. The van der Waals surface area contributed by atoms with Gasteiger partial charge in [-0.05, 0) is 20.3 Å². The highest BCUT2D eigenvalue weighted by Gasteiger charge is 2.14. The number of unbranched alkanes of at least 4 members (excludes halogenated alkanes) is 7. The molecule has 0 rings (SSSR count). The molecule has 0 aromatic carbocycles. The molecule has 0 bridgehead atoms. The van der Waals surface area contributed by atoms with Crippen molar-refractivity contribution in [3.8, 4) is 0 Å². The normalized spacial score (nSPS) is 13.1. The molecule has 3 nitrogen and oxygen atoms in total. The summed E-state index contributed by atoms with van der Waals surface area (Å²) >= 11 is 4.54. The summed E-state index contributed by atoms with van der Waals surface area (Å²) in [5, 5.41) is 1.59. The van der Waals surface area contributed by atoms with E-state index in [9.17, 15) is 0 Å². The van der Waals surface area contributed by atoms with Crippen molar-refractivity contribution in [3.05, 3.63) is 0 Å². The van der Waals surface area contributed by atoms with E-state index >= 15 is 0 Å². The van der Waals surface area contributed by atoms with Gasteiger partial charge in [0.25, 0.3) is 0 Å². The number of hydrogen-bond acceptors (Lipinski definition) is 4. The van der Waals surface area contributed by atoms with Gasteiger partial charge >= 0.3 is 0 Å². The Morgan fingerprint density at radius 3 is 1.74 bits per heavy atom. The van der Waals surface area contributed by atoms with Gasteiger partial charge in [-0.3, -0.25) is 9.68 Å². The molecule has 0 spiro atoms. The Balaban J connectivity index is 3.47. The molecule has 0 radical (unpaired) electrons. The SMILES string of the molecule is CCCCCCCCCCC(S)N(OCC)OCC. The third-order valence-corrected chi connectivity index (χ3v) is 3.52. The Labute approximate surface area is 125 Å². The summed E-state index contributed by atoms with van der Waals surface area (Å²) in [5.74, 6) is 0. The summed E-state index contributed by atoms with van der Waals surface area (Å²) < 4.78 is 0. The van der Waals surface area contributed by atoms with Crippen LogP contribution in [0.25, 0.3) is 0 Å². The van der Waals surface area contributed by atoms with Crippen LogP contribution in [0.3, 0.4) is 0 Å².